The maximum Gasteiger partial charge on any atom is 0.351 e. The maximum absolute atomic E-state index is 11.5. The SMILES string of the molecule is CCOP(=O)(Cl)Sc1ccc(Cl)cc1. The third kappa shape index (κ3) is 4.24. The van der Waals surface area contributed by atoms with E-state index < -0.39 is 5.92 Å². The van der Waals surface area contributed by atoms with Crippen LogP contribution in [0.3, 0.4) is 0 Å². The van der Waals surface area contributed by atoms with E-state index in [1.807, 2.05) is 0 Å². The van der Waals surface area contributed by atoms with Crippen molar-refractivity contribution in [1.82, 2.24) is 0 Å². The highest BCUT2D eigenvalue weighted by molar-refractivity contribution is 8.63. The number of hydrogen-bond donors (Lipinski definition) is 0. The molecule has 0 aliphatic rings. The Bertz CT molecular complexity index is 342. The van der Waals surface area contributed by atoms with Crippen molar-refractivity contribution in [2.75, 3.05) is 6.61 Å². The molecule has 1 atom stereocenters. The molecule has 0 fully saturated rings. The summed E-state index contributed by atoms with van der Waals surface area (Å²) in [4.78, 5) is 0.779. The summed E-state index contributed by atoms with van der Waals surface area (Å²) in [5.74, 6) is -3.08. The molecule has 0 saturated heterocycles. The van der Waals surface area contributed by atoms with Crippen molar-refractivity contribution >= 4 is 40.1 Å². The van der Waals surface area contributed by atoms with Crippen LogP contribution in [0.25, 0.3) is 0 Å². The van der Waals surface area contributed by atoms with Crippen LogP contribution in [0.5, 0.6) is 0 Å². The molecule has 1 aromatic carbocycles. The molecule has 0 spiro atoms. The first-order valence-corrected chi connectivity index (χ1v) is 8.26. The fraction of sp³-hybridized carbons (Fsp3) is 0.250. The largest absolute Gasteiger partial charge is 0.351 e. The molecule has 78 valence electrons. The van der Waals surface area contributed by atoms with Crippen molar-refractivity contribution in [2.24, 2.45) is 0 Å². The highest BCUT2D eigenvalue weighted by atomic mass is 35.7. The third-order valence-electron chi connectivity index (χ3n) is 1.31. The van der Waals surface area contributed by atoms with Gasteiger partial charge in [-0.3, -0.25) is 4.57 Å². The number of rotatable bonds is 4. The second kappa shape index (κ2) is 5.43. The van der Waals surface area contributed by atoms with E-state index in [0.29, 0.717) is 11.6 Å². The van der Waals surface area contributed by atoms with E-state index in [9.17, 15) is 4.57 Å². The fourth-order valence-electron chi connectivity index (χ4n) is 0.802. The van der Waals surface area contributed by atoms with E-state index in [1.54, 1.807) is 31.2 Å². The molecule has 14 heavy (non-hydrogen) atoms. The van der Waals surface area contributed by atoms with Crippen LogP contribution < -0.4 is 0 Å². The zero-order valence-corrected chi connectivity index (χ0v) is 10.7. The third-order valence-corrected chi connectivity index (χ3v) is 5.35. The highest BCUT2D eigenvalue weighted by Gasteiger charge is 2.20. The first kappa shape index (κ1) is 12.4. The lowest BCUT2D eigenvalue weighted by Crippen LogP contribution is -1.79. The summed E-state index contributed by atoms with van der Waals surface area (Å²) in [5.41, 5.74) is 0. The molecule has 6 heteroatoms. The van der Waals surface area contributed by atoms with Gasteiger partial charge in [-0.25, -0.2) is 0 Å². The van der Waals surface area contributed by atoms with Gasteiger partial charge in [0.25, 0.3) is 0 Å². The van der Waals surface area contributed by atoms with Gasteiger partial charge in [-0.1, -0.05) is 11.6 Å². The van der Waals surface area contributed by atoms with Gasteiger partial charge in [0.05, 0.1) is 6.61 Å². The molecule has 2 nitrogen and oxygen atoms in total. The Hall–Kier alpha value is 0.340. The van der Waals surface area contributed by atoms with Crippen LogP contribution in [0.15, 0.2) is 29.2 Å². The highest BCUT2D eigenvalue weighted by Crippen LogP contribution is 2.66. The van der Waals surface area contributed by atoms with Gasteiger partial charge in [0.1, 0.15) is 0 Å². The van der Waals surface area contributed by atoms with Crippen LogP contribution in [0.2, 0.25) is 5.02 Å². The topological polar surface area (TPSA) is 26.3 Å². The predicted octanol–water partition coefficient (Wildman–Crippen LogP) is 4.82. The summed E-state index contributed by atoms with van der Waals surface area (Å²) in [6, 6.07) is 6.93. The monoisotopic (exact) mass is 270 g/mol. The Morgan fingerprint density at radius 3 is 2.50 bits per heavy atom. The summed E-state index contributed by atoms with van der Waals surface area (Å²) in [6.07, 6.45) is 0. The molecular formula is C8H9Cl2O2PS. The molecule has 1 aromatic rings. The summed E-state index contributed by atoms with van der Waals surface area (Å²) < 4.78 is 16.5. The van der Waals surface area contributed by atoms with Crippen molar-refractivity contribution in [2.45, 2.75) is 11.8 Å². The minimum Gasteiger partial charge on any atom is -0.310 e. The van der Waals surface area contributed by atoms with Gasteiger partial charge in [-0.05, 0) is 53.8 Å². The Balaban J connectivity index is 2.69. The van der Waals surface area contributed by atoms with Gasteiger partial charge in [-0.2, -0.15) is 0 Å². The summed E-state index contributed by atoms with van der Waals surface area (Å²) in [7, 11) is 0. The fourth-order valence-corrected chi connectivity index (χ4v) is 4.40. The van der Waals surface area contributed by atoms with Gasteiger partial charge in [0, 0.05) is 9.92 Å². The minimum absolute atomic E-state index is 0.335. The van der Waals surface area contributed by atoms with Crippen molar-refractivity contribution in [3.8, 4) is 0 Å². The van der Waals surface area contributed by atoms with Crippen LogP contribution in [-0.2, 0) is 9.09 Å². The van der Waals surface area contributed by atoms with E-state index in [0.717, 1.165) is 16.3 Å². The van der Waals surface area contributed by atoms with Gasteiger partial charge in [-0.15, -0.1) is 0 Å². The predicted molar refractivity (Wildman–Crippen MR) is 62.4 cm³/mol. The molecule has 0 N–H and O–H groups in total. The number of hydrogen-bond acceptors (Lipinski definition) is 3. The Morgan fingerprint density at radius 1 is 1.43 bits per heavy atom. The molecule has 0 saturated carbocycles. The minimum atomic E-state index is -3.08. The van der Waals surface area contributed by atoms with E-state index in [-0.39, 0.29) is 0 Å². The standard InChI is InChI=1S/C8H9Cl2O2PS/c1-2-12-13(10,11)14-8-5-3-7(9)4-6-8/h3-6H,2H2,1H3. The van der Waals surface area contributed by atoms with Gasteiger partial charge in [0.15, 0.2) is 0 Å². The van der Waals surface area contributed by atoms with Gasteiger partial charge >= 0.3 is 5.92 Å². The first-order valence-electron chi connectivity index (χ1n) is 3.93. The average Bonchev–Trinajstić information content (AvgIpc) is 2.08. The lowest BCUT2D eigenvalue weighted by molar-refractivity contribution is 0.356. The van der Waals surface area contributed by atoms with Gasteiger partial charge in [0.2, 0.25) is 0 Å². The maximum atomic E-state index is 11.5. The molecule has 1 unspecified atom stereocenters. The molecular weight excluding hydrogens is 262 g/mol. The van der Waals surface area contributed by atoms with E-state index in [2.05, 4.69) is 0 Å². The molecule has 0 radical (unpaired) electrons. The first-order chi connectivity index (χ1) is 6.53. The Morgan fingerprint density at radius 2 is 2.00 bits per heavy atom. The quantitative estimate of drug-likeness (QED) is 0.734. The zero-order valence-electron chi connectivity index (χ0n) is 7.44. The summed E-state index contributed by atoms with van der Waals surface area (Å²) >= 11 is 12.4. The molecule has 1 rings (SSSR count). The molecule has 0 aliphatic carbocycles. The van der Waals surface area contributed by atoms with Crippen LogP contribution >= 0.6 is 40.1 Å². The van der Waals surface area contributed by atoms with Crippen molar-refractivity contribution < 1.29 is 9.09 Å². The van der Waals surface area contributed by atoms with Crippen molar-refractivity contribution in [3.63, 3.8) is 0 Å². The van der Waals surface area contributed by atoms with Gasteiger partial charge < -0.3 is 4.52 Å². The van der Waals surface area contributed by atoms with E-state index in [4.69, 9.17) is 27.4 Å². The lowest BCUT2D eigenvalue weighted by atomic mass is 10.4. The number of benzene rings is 1. The van der Waals surface area contributed by atoms with Crippen LogP contribution in [-0.4, -0.2) is 6.61 Å². The van der Waals surface area contributed by atoms with Crippen LogP contribution in [0.4, 0.5) is 0 Å². The summed E-state index contributed by atoms with van der Waals surface area (Å²) in [5, 5.41) is 0.634. The van der Waals surface area contributed by atoms with Crippen LogP contribution in [0.1, 0.15) is 6.92 Å². The Kier molecular flexibility index (Phi) is 4.81. The molecule has 0 heterocycles. The van der Waals surface area contributed by atoms with E-state index >= 15 is 0 Å². The normalized spacial score (nSPS) is 15.1. The van der Waals surface area contributed by atoms with Crippen LogP contribution in [0, 0.1) is 0 Å². The second-order valence-electron chi connectivity index (χ2n) is 2.39. The second-order valence-corrected chi connectivity index (χ2v) is 8.53. The molecule has 0 aliphatic heterocycles. The molecule has 0 bridgehead atoms. The number of halogens is 2. The lowest BCUT2D eigenvalue weighted by Gasteiger charge is -2.08. The zero-order chi connectivity index (χ0) is 10.6. The van der Waals surface area contributed by atoms with E-state index in [1.165, 1.54) is 0 Å². The smallest absolute Gasteiger partial charge is 0.310 e. The summed E-state index contributed by atoms with van der Waals surface area (Å²) in [6.45, 7) is 2.08. The van der Waals surface area contributed by atoms with Crippen molar-refractivity contribution in [3.05, 3.63) is 29.3 Å². The average molecular weight is 271 g/mol. The Labute approximate surface area is 96.9 Å². The molecule has 0 aromatic heterocycles. The van der Waals surface area contributed by atoms with Crippen molar-refractivity contribution in [1.29, 1.82) is 0 Å². The molecule has 0 amide bonds.